The molecule has 0 aromatic carbocycles. The van der Waals surface area contributed by atoms with Crippen LogP contribution in [0.2, 0.25) is 0 Å². The molecule has 1 amide bonds. The Hall–Kier alpha value is -0.790. The van der Waals surface area contributed by atoms with E-state index < -0.39 is 0 Å². The third-order valence-corrected chi connectivity index (χ3v) is 1.25. The van der Waals surface area contributed by atoms with Crippen molar-refractivity contribution < 1.29 is 4.79 Å². The van der Waals surface area contributed by atoms with Gasteiger partial charge in [0.2, 0.25) is 5.91 Å². The molecule has 1 N–H and O–H groups in total. The highest BCUT2D eigenvalue weighted by atomic mass is 16.1. The molecule has 0 aliphatic rings. The van der Waals surface area contributed by atoms with E-state index in [1.165, 1.54) is 0 Å². The van der Waals surface area contributed by atoms with E-state index in [-0.39, 0.29) is 11.3 Å². The van der Waals surface area contributed by atoms with Crippen molar-refractivity contribution in [3.8, 4) is 0 Å². The summed E-state index contributed by atoms with van der Waals surface area (Å²) in [5.74, 6) is -0.0331. The van der Waals surface area contributed by atoms with Gasteiger partial charge in [-0.25, -0.2) is 0 Å². The number of hydrogen-bond donors (Lipinski definition) is 1. The van der Waals surface area contributed by atoms with E-state index in [0.717, 1.165) is 6.42 Å². The van der Waals surface area contributed by atoms with Crippen LogP contribution in [0.5, 0.6) is 0 Å². The van der Waals surface area contributed by atoms with E-state index in [2.05, 4.69) is 26.1 Å². The van der Waals surface area contributed by atoms with Gasteiger partial charge in [-0.2, -0.15) is 0 Å². The topological polar surface area (TPSA) is 29.1 Å². The number of hydrogen-bond acceptors (Lipinski definition) is 1. The van der Waals surface area contributed by atoms with Gasteiger partial charge in [0, 0.05) is 7.05 Å². The minimum atomic E-state index is -0.0331. The molecule has 0 unspecified atom stereocenters. The molecule has 11 heavy (non-hydrogen) atoms. The van der Waals surface area contributed by atoms with Crippen molar-refractivity contribution in [3.05, 3.63) is 12.2 Å². The van der Waals surface area contributed by atoms with E-state index in [1.807, 2.05) is 6.08 Å². The summed E-state index contributed by atoms with van der Waals surface area (Å²) < 4.78 is 0. The second-order valence-electron chi connectivity index (χ2n) is 3.78. The molecule has 0 heterocycles. The van der Waals surface area contributed by atoms with E-state index >= 15 is 0 Å². The summed E-state index contributed by atoms with van der Waals surface area (Å²) >= 11 is 0. The van der Waals surface area contributed by atoms with Crippen molar-refractivity contribution in [2.45, 2.75) is 27.2 Å². The van der Waals surface area contributed by atoms with Gasteiger partial charge in [0.1, 0.15) is 0 Å². The molecule has 0 aromatic heterocycles. The molecule has 64 valence electrons. The van der Waals surface area contributed by atoms with Crippen LogP contribution in [0, 0.1) is 5.41 Å². The van der Waals surface area contributed by atoms with Crippen LogP contribution in [0.3, 0.4) is 0 Å². The van der Waals surface area contributed by atoms with Gasteiger partial charge in [0.15, 0.2) is 0 Å². The smallest absolute Gasteiger partial charge is 0.243 e. The quantitative estimate of drug-likeness (QED) is 0.604. The van der Waals surface area contributed by atoms with E-state index in [1.54, 1.807) is 13.1 Å². The zero-order valence-corrected chi connectivity index (χ0v) is 7.77. The molecule has 2 heteroatoms. The molecular weight excluding hydrogens is 138 g/mol. The van der Waals surface area contributed by atoms with Gasteiger partial charge in [-0.3, -0.25) is 4.79 Å². The molecular formula is C9H17NO. The fourth-order valence-electron chi connectivity index (χ4n) is 0.603. The Kier molecular flexibility index (Phi) is 3.86. The number of amides is 1. The predicted octanol–water partition coefficient (Wildman–Crippen LogP) is 1.72. The number of nitrogens with one attached hydrogen (secondary N) is 1. The Morgan fingerprint density at radius 1 is 1.45 bits per heavy atom. The Morgan fingerprint density at radius 3 is 2.36 bits per heavy atom. The van der Waals surface area contributed by atoms with Crippen molar-refractivity contribution in [1.29, 1.82) is 0 Å². The third kappa shape index (κ3) is 7.10. The van der Waals surface area contributed by atoms with Gasteiger partial charge in [-0.15, -0.1) is 0 Å². The van der Waals surface area contributed by atoms with Crippen molar-refractivity contribution in [2.75, 3.05) is 7.05 Å². The Labute approximate surface area is 68.7 Å². The maximum Gasteiger partial charge on any atom is 0.243 e. The molecule has 0 aromatic rings. The average Bonchev–Trinajstić information content (AvgIpc) is 1.85. The minimum Gasteiger partial charge on any atom is -0.356 e. The van der Waals surface area contributed by atoms with Crippen LogP contribution in [0.15, 0.2) is 12.2 Å². The maximum atomic E-state index is 10.7. The van der Waals surface area contributed by atoms with E-state index in [9.17, 15) is 4.79 Å². The van der Waals surface area contributed by atoms with Gasteiger partial charge in [-0.05, 0) is 17.9 Å². The first-order valence-corrected chi connectivity index (χ1v) is 3.84. The Morgan fingerprint density at radius 2 is 2.00 bits per heavy atom. The third-order valence-electron chi connectivity index (χ3n) is 1.25. The number of allylic oxidation sites excluding steroid dienone is 1. The summed E-state index contributed by atoms with van der Waals surface area (Å²) in [6, 6.07) is 0. The SMILES string of the molecule is CNC(=O)/C=C/CC(C)(C)C. The largest absolute Gasteiger partial charge is 0.356 e. The van der Waals surface area contributed by atoms with Crippen LogP contribution in [-0.2, 0) is 4.79 Å². The van der Waals surface area contributed by atoms with Gasteiger partial charge < -0.3 is 5.32 Å². The zero-order chi connectivity index (χ0) is 8.91. The lowest BCUT2D eigenvalue weighted by atomic mass is 9.92. The normalized spacial score (nSPS) is 12.0. The lowest BCUT2D eigenvalue weighted by Crippen LogP contribution is -2.14. The van der Waals surface area contributed by atoms with Crippen LogP contribution in [0.1, 0.15) is 27.2 Å². The molecule has 2 nitrogen and oxygen atoms in total. The number of carbonyl (C=O) groups is 1. The van der Waals surface area contributed by atoms with Gasteiger partial charge in [0.25, 0.3) is 0 Å². The highest BCUT2D eigenvalue weighted by Crippen LogP contribution is 2.18. The van der Waals surface area contributed by atoms with Crippen LogP contribution in [-0.4, -0.2) is 13.0 Å². The molecule has 0 rings (SSSR count). The fraction of sp³-hybridized carbons (Fsp3) is 0.667. The average molecular weight is 155 g/mol. The summed E-state index contributed by atoms with van der Waals surface area (Å²) in [5.41, 5.74) is 0.268. The highest BCUT2D eigenvalue weighted by Gasteiger charge is 2.06. The second kappa shape index (κ2) is 4.16. The predicted molar refractivity (Wildman–Crippen MR) is 47.3 cm³/mol. The summed E-state index contributed by atoms with van der Waals surface area (Å²) in [7, 11) is 1.63. The van der Waals surface area contributed by atoms with Crippen LogP contribution < -0.4 is 5.32 Å². The highest BCUT2D eigenvalue weighted by molar-refractivity contribution is 5.87. The van der Waals surface area contributed by atoms with Crippen LogP contribution >= 0.6 is 0 Å². The first kappa shape index (κ1) is 10.2. The van der Waals surface area contributed by atoms with Crippen molar-refractivity contribution in [3.63, 3.8) is 0 Å². The van der Waals surface area contributed by atoms with Gasteiger partial charge in [-0.1, -0.05) is 26.8 Å². The summed E-state index contributed by atoms with van der Waals surface area (Å²) in [5, 5.41) is 2.53. The van der Waals surface area contributed by atoms with Gasteiger partial charge in [0.05, 0.1) is 0 Å². The lowest BCUT2D eigenvalue weighted by Gasteiger charge is -2.14. The number of rotatable bonds is 2. The van der Waals surface area contributed by atoms with E-state index in [4.69, 9.17) is 0 Å². The first-order valence-electron chi connectivity index (χ1n) is 3.84. The standard InChI is InChI=1S/C9H17NO/c1-9(2,3)7-5-6-8(11)10-4/h5-6H,7H2,1-4H3,(H,10,11)/b6-5+. The van der Waals surface area contributed by atoms with Gasteiger partial charge >= 0.3 is 0 Å². The second-order valence-corrected chi connectivity index (χ2v) is 3.78. The van der Waals surface area contributed by atoms with Crippen molar-refractivity contribution in [2.24, 2.45) is 5.41 Å². The molecule has 0 aliphatic carbocycles. The summed E-state index contributed by atoms with van der Waals surface area (Å²) in [4.78, 5) is 10.7. The number of likely N-dealkylation sites (N-methyl/N-ethyl adjacent to an activating group) is 1. The van der Waals surface area contributed by atoms with Crippen LogP contribution in [0.4, 0.5) is 0 Å². The van der Waals surface area contributed by atoms with Crippen molar-refractivity contribution >= 4 is 5.91 Å². The monoisotopic (exact) mass is 155 g/mol. The molecule has 0 radical (unpaired) electrons. The van der Waals surface area contributed by atoms with Crippen LogP contribution in [0.25, 0.3) is 0 Å². The minimum absolute atomic E-state index is 0.0331. The molecule has 0 aliphatic heterocycles. The maximum absolute atomic E-state index is 10.7. The Balaban J connectivity index is 3.70. The number of carbonyl (C=O) groups excluding carboxylic acids is 1. The van der Waals surface area contributed by atoms with Crippen molar-refractivity contribution in [1.82, 2.24) is 5.32 Å². The first-order chi connectivity index (χ1) is 4.95. The molecule has 0 saturated carbocycles. The zero-order valence-electron chi connectivity index (χ0n) is 7.77. The molecule has 0 saturated heterocycles. The molecule has 0 spiro atoms. The Bertz CT molecular complexity index is 153. The van der Waals surface area contributed by atoms with E-state index in [0.29, 0.717) is 0 Å². The fourth-order valence-corrected chi connectivity index (χ4v) is 0.603. The molecule has 0 fully saturated rings. The molecule has 0 bridgehead atoms. The summed E-state index contributed by atoms with van der Waals surface area (Å²) in [6.07, 6.45) is 4.41. The lowest BCUT2D eigenvalue weighted by molar-refractivity contribution is -0.116. The summed E-state index contributed by atoms with van der Waals surface area (Å²) in [6.45, 7) is 6.42. The molecule has 0 atom stereocenters.